The van der Waals surface area contributed by atoms with E-state index in [1.165, 1.54) is 25.7 Å². The summed E-state index contributed by atoms with van der Waals surface area (Å²) >= 11 is 0. The average Bonchev–Trinajstić information content (AvgIpc) is 3.03. The molecule has 1 aliphatic rings. The minimum Gasteiger partial charge on any atom is -0.444 e. The van der Waals surface area contributed by atoms with Crippen molar-refractivity contribution in [1.82, 2.24) is 10.2 Å². The van der Waals surface area contributed by atoms with Crippen LogP contribution in [-0.2, 0) is 23.8 Å². The fourth-order valence-corrected chi connectivity index (χ4v) is 4.18. The van der Waals surface area contributed by atoms with Gasteiger partial charge < -0.3 is 24.6 Å². The van der Waals surface area contributed by atoms with Crippen molar-refractivity contribution in [3.8, 4) is 0 Å². The quantitative estimate of drug-likeness (QED) is 0.373. The molecule has 1 saturated heterocycles. The maximum absolute atomic E-state index is 13.3. The van der Waals surface area contributed by atoms with Crippen LogP contribution >= 0.6 is 0 Å². The summed E-state index contributed by atoms with van der Waals surface area (Å²) < 4.78 is 16.7. The van der Waals surface area contributed by atoms with Crippen LogP contribution in [0.15, 0.2) is 12.2 Å². The van der Waals surface area contributed by atoms with E-state index in [4.69, 9.17) is 14.2 Å². The number of nitrogens with zero attached hydrogens (tertiary/aromatic N) is 1. The van der Waals surface area contributed by atoms with Gasteiger partial charge in [0.25, 0.3) is 0 Å². The van der Waals surface area contributed by atoms with E-state index in [2.05, 4.69) is 5.32 Å². The molecule has 9 heteroatoms. The van der Waals surface area contributed by atoms with Gasteiger partial charge in [0.15, 0.2) is 12.1 Å². The minimum absolute atomic E-state index is 0.162. The van der Waals surface area contributed by atoms with Gasteiger partial charge in [-0.15, -0.1) is 0 Å². The SMILES string of the molecule is C/C=C\[C@@H]1C[C@H](C(C)=O)N(C(=O)OC(C)(C)C)[C@H]1C(NC(C)=O)[C@@](C)(O)COC(C)OCC. The van der Waals surface area contributed by atoms with E-state index >= 15 is 0 Å². The first-order valence-corrected chi connectivity index (χ1v) is 11.5. The highest BCUT2D eigenvalue weighted by atomic mass is 16.7. The van der Waals surface area contributed by atoms with Crippen LogP contribution in [0.5, 0.6) is 0 Å². The number of nitrogens with one attached hydrogen (secondary N) is 1. The fourth-order valence-electron chi connectivity index (χ4n) is 4.18. The van der Waals surface area contributed by atoms with Gasteiger partial charge in [-0.3, -0.25) is 14.5 Å². The summed E-state index contributed by atoms with van der Waals surface area (Å²) in [4.78, 5) is 39.4. The lowest BCUT2D eigenvalue weighted by molar-refractivity contribution is -0.172. The molecule has 9 nitrogen and oxygen atoms in total. The van der Waals surface area contributed by atoms with Gasteiger partial charge in [0, 0.05) is 19.4 Å². The largest absolute Gasteiger partial charge is 0.444 e. The number of amides is 2. The number of allylic oxidation sites excluding steroid dienone is 1. The van der Waals surface area contributed by atoms with Crippen molar-refractivity contribution in [3.05, 3.63) is 12.2 Å². The Balaban J connectivity index is 3.49. The number of ether oxygens (including phenoxy) is 3. The van der Waals surface area contributed by atoms with E-state index in [0.717, 1.165) is 0 Å². The van der Waals surface area contributed by atoms with Crippen LogP contribution in [0, 0.1) is 5.92 Å². The molecule has 2 N–H and O–H groups in total. The average molecular weight is 471 g/mol. The number of carbonyl (C=O) groups is 3. The van der Waals surface area contributed by atoms with Crippen molar-refractivity contribution in [1.29, 1.82) is 0 Å². The zero-order valence-corrected chi connectivity index (χ0v) is 21.5. The third kappa shape index (κ3) is 8.39. The molecule has 1 rings (SSSR count). The van der Waals surface area contributed by atoms with Crippen LogP contribution in [0.1, 0.15) is 68.7 Å². The smallest absolute Gasteiger partial charge is 0.411 e. The monoisotopic (exact) mass is 470 g/mol. The van der Waals surface area contributed by atoms with Crippen molar-refractivity contribution < 1.29 is 33.7 Å². The molecule has 2 unspecified atom stereocenters. The second kappa shape index (κ2) is 11.9. The summed E-state index contributed by atoms with van der Waals surface area (Å²) in [6.45, 7) is 15.2. The molecule has 1 heterocycles. The molecule has 6 atom stereocenters. The van der Waals surface area contributed by atoms with E-state index in [0.29, 0.717) is 13.0 Å². The third-order valence-electron chi connectivity index (χ3n) is 5.49. The highest BCUT2D eigenvalue weighted by Gasteiger charge is 2.54. The second-order valence-electron chi connectivity index (χ2n) is 9.80. The van der Waals surface area contributed by atoms with Crippen molar-refractivity contribution in [2.75, 3.05) is 13.2 Å². The van der Waals surface area contributed by atoms with E-state index in [9.17, 15) is 19.5 Å². The molecule has 0 aliphatic carbocycles. The van der Waals surface area contributed by atoms with Crippen LogP contribution in [0.4, 0.5) is 4.79 Å². The van der Waals surface area contributed by atoms with Gasteiger partial charge in [0.05, 0.1) is 24.7 Å². The Bertz CT molecular complexity index is 714. The molecule has 1 aliphatic heterocycles. The molecular formula is C24H42N2O7. The van der Waals surface area contributed by atoms with Gasteiger partial charge in [-0.2, -0.15) is 0 Å². The number of ketones is 1. The summed E-state index contributed by atoms with van der Waals surface area (Å²) in [6, 6.07) is -2.43. The molecule has 0 aromatic rings. The highest BCUT2D eigenvalue weighted by Crippen LogP contribution is 2.38. The second-order valence-corrected chi connectivity index (χ2v) is 9.80. The number of rotatable bonds is 10. The van der Waals surface area contributed by atoms with Gasteiger partial charge in [-0.25, -0.2) is 4.79 Å². The summed E-state index contributed by atoms with van der Waals surface area (Å²) in [6.07, 6.45) is 2.84. The number of Topliss-reactive ketones (excluding diaryl/α,β-unsaturated/α-hetero) is 1. The summed E-state index contributed by atoms with van der Waals surface area (Å²) in [5, 5.41) is 14.3. The van der Waals surface area contributed by atoms with Crippen molar-refractivity contribution in [2.24, 2.45) is 5.92 Å². The Morgan fingerprint density at radius 2 is 1.79 bits per heavy atom. The van der Waals surface area contributed by atoms with E-state index in [-0.39, 0.29) is 24.2 Å². The number of carbonyl (C=O) groups excluding carboxylic acids is 3. The third-order valence-corrected chi connectivity index (χ3v) is 5.49. The van der Waals surface area contributed by atoms with Gasteiger partial charge in [-0.1, -0.05) is 12.2 Å². The van der Waals surface area contributed by atoms with Gasteiger partial charge in [0.1, 0.15) is 11.2 Å². The number of likely N-dealkylation sites (tertiary alicyclic amines) is 1. The van der Waals surface area contributed by atoms with Crippen LogP contribution in [0.25, 0.3) is 0 Å². The predicted molar refractivity (Wildman–Crippen MR) is 125 cm³/mol. The van der Waals surface area contributed by atoms with Crippen molar-refractivity contribution >= 4 is 17.8 Å². The summed E-state index contributed by atoms with van der Waals surface area (Å²) in [5.74, 6) is -0.878. The Morgan fingerprint density at radius 1 is 1.18 bits per heavy atom. The van der Waals surface area contributed by atoms with Crippen molar-refractivity contribution in [2.45, 2.75) is 104 Å². The number of aliphatic hydroxyl groups is 1. The maximum atomic E-state index is 13.3. The molecule has 2 amide bonds. The highest BCUT2D eigenvalue weighted by molar-refractivity contribution is 5.86. The molecule has 1 fully saturated rings. The van der Waals surface area contributed by atoms with Gasteiger partial charge in [-0.05, 0) is 61.8 Å². The predicted octanol–water partition coefficient (Wildman–Crippen LogP) is 2.80. The lowest BCUT2D eigenvalue weighted by Crippen LogP contribution is -2.65. The lowest BCUT2D eigenvalue weighted by atomic mass is 9.83. The maximum Gasteiger partial charge on any atom is 0.411 e. The van der Waals surface area contributed by atoms with Gasteiger partial charge >= 0.3 is 6.09 Å². The normalized spacial score (nSPS) is 24.9. The Hall–Kier alpha value is -1.97. The first-order valence-electron chi connectivity index (χ1n) is 11.5. The fraction of sp³-hybridized carbons (Fsp3) is 0.792. The molecule has 0 aromatic carbocycles. The van der Waals surface area contributed by atoms with E-state index in [1.54, 1.807) is 27.7 Å². The van der Waals surface area contributed by atoms with Crippen LogP contribution < -0.4 is 5.32 Å². The van der Waals surface area contributed by atoms with Crippen LogP contribution in [0.3, 0.4) is 0 Å². The zero-order valence-electron chi connectivity index (χ0n) is 21.5. The number of hydrogen-bond acceptors (Lipinski definition) is 7. The molecule has 0 saturated carbocycles. The molecular weight excluding hydrogens is 428 g/mol. The molecule has 0 radical (unpaired) electrons. The first kappa shape index (κ1) is 29.1. The number of hydrogen-bond donors (Lipinski definition) is 2. The van der Waals surface area contributed by atoms with E-state index < -0.39 is 41.7 Å². The zero-order chi connectivity index (χ0) is 25.6. The summed E-state index contributed by atoms with van der Waals surface area (Å²) in [5.41, 5.74) is -2.38. The molecule has 0 aromatic heterocycles. The van der Waals surface area contributed by atoms with Gasteiger partial charge in [0.2, 0.25) is 5.91 Å². The Morgan fingerprint density at radius 3 is 2.24 bits per heavy atom. The van der Waals surface area contributed by atoms with Crippen molar-refractivity contribution in [3.63, 3.8) is 0 Å². The molecule has 0 bridgehead atoms. The first-order chi connectivity index (χ1) is 15.1. The topological polar surface area (TPSA) is 114 Å². The standard InChI is InChI=1S/C24H42N2O7/c1-10-12-18-13-19(15(3)27)26(22(29)33-23(6,7)8)20(18)21(25-16(4)28)24(9,30)14-32-17(5)31-11-2/h10,12,17-21,30H,11,13-14H2,1-9H3,(H,25,28)/b12-10-/t17?,18-,19-,20-,21?,24+/m1/s1. The Labute approximate surface area is 197 Å². The molecule has 33 heavy (non-hydrogen) atoms. The molecule has 0 spiro atoms. The lowest BCUT2D eigenvalue weighted by Gasteiger charge is -2.43. The molecule has 190 valence electrons. The van der Waals surface area contributed by atoms with Crippen LogP contribution in [-0.4, -0.2) is 76.6 Å². The van der Waals surface area contributed by atoms with E-state index in [1.807, 2.05) is 26.0 Å². The Kier molecular flexibility index (Phi) is 10.5. The summed E-state index contributed by atoms with van der Waals surface area (Å²) in [7, 11) is 0. The minimum atomic E-state index is -1.59. The van der Waals surface area contributed by atoms with Crippen LogP contribution in [0.2, 0.25) is 0 Å².